The molecule has 1 saturated carbocycles. The summed E-state index contributed by atoms with van der Waals surface area (Å²) >= 11 is 0. The third-order valence-electron chi connectivity index (χ3n) is 4.39. The molecule has 0 aromatic heterocycles. The predicted octanol–water partition coefficient (Wildman–Crippen LogP) is 3.88. The van der Waals surface area contributed by atoms with Crippen molar-refractivity contribution in [1.29, 1.82) is 0 Å². The highest BCUT2D eigenvalue weighted by atomic mass is 15.0. The molecule has 1 N–H and O–H groups in total. The highest BCUT2D eigenvalue weighted by molar-refractivity contribution is 5.30. The van der Waals surface area contributed by atoms with Crippen LogP contribution < -0.4 is 5.32 Å². The molecule has 0 saturated heterocycles. The highest BCUT2D eigenvalue weighted by Gasteiger charge is 2.47. The molecule has 0 radical (unpaired) electrons. The van der Waals surface area contributed by atoms with Crippen molar-refractivity contribution in [1.82, 2.24) is 5.32 Å². The zero-order chi connectivity index (χ0) is 12.5. The minimum absolute atomic E-state index is 0.393. The number of rotatable bonds is 4. The number of hydrogen-bond donors (Lipinski definition) is 1. The maximum atomic E-state index is 3.67. The topological polar surface area (TPSA) is 12.0 Å². The van der Waals surface area contributed by atoms with Crippen molar-refractivity contribution in [2.75, 3.05) is 6.54 Å². The van der Waals surface area contributed by atoms with Crippen LogP contribution in [0.3, 0.4) is 0 Å². The Kier molecular flexibility index (Phi) is 3.58. The second-order valence-corrected chi connectivity index (χ2v) is 6.03. The van der Waals surface area contributed by atoms with Gasteiger partial charge in [-0.1, -0.05) is 50.6 Å². The molecule has 1 aromatic rings. The van der Waals surface area contributed by atoms with E-state index in [1.165, 1.54) is 24.0 Å². The van der Waals surface area contributed by atoms with Crippen molar-refractivity contribution in [3.63, 3.8) is 0 Å². The molecule has 1 aliphatic rings. The predicted molar refractivity (Wildman–Crippen MR) is 74.4 cm³/mol. The third kappa shape index (κ3) is 2.40. The Morgan fingerprint density at radius 3 is 2.41 bits per heavy atom. The van der Waals surface area contributed by atoms with Crippen molar-refractivity contribution < 1.29 is 0 Å². The fourth-order valence-corrected chi connectivity index (χ4v) is 2.95. The Morgan fingerprint density at radius 1 is 1.24 bits per heavy atom. The molecule has 1 aliphatic carbocycles. The van der Waals surface area contributed by atoms with E-state index >= 15 is 0 Å². The molecule has 0 spiro atoms. The van der Waals surface area contributed by atoms with Crippen molar-refractivity contribution in [2.45, 2.75) is 52.5 Å². The summed E-state index contributed by atoms with van der Waals surface area (Å²) in [5, 5.41) is 3.67. The molecule has 2 rings (SSSR count). The number of nitrogens with one attached hydrogen (secondary N) is 1. The van der Waals surface area contributed by atoms with Gasteiger partial charge in [-0.3, -0.25) is 0 Å². The molecular weight excluding hydrogens is 206 g/mol. The van der Waals surface area contributed by atoms with E-state index in [0.29, 0.717) is 11.5 Å². The zero-order valence-corrected chi connectivity index (χ0v) is 11.6. The standard InChI is InChI=1S/C16H25N/c1-5-10-17-15-11-14(16(15,3)4)13-8-6-12(2)7-9-13/h6-9,14-15,17H,5,10-11H2,1-4H3. The summed E-state index contributed by atoms with van der Waals surface area (Å²) in [5.41, 5.74) is 3.26. The van der Waals surface area contributed by atoms with E-state index in [9.17, 15) is 0 Å². The first-order valence-electron chi connectivity index (χ1n) is 6.85. The van der Waals surface area contributed by atoms with Crippen LogP contribution in [0.4, 0.5) is 0 Å². The summed E-state index contributed by atoms with van der Waals surface area (Å²) < 4.78 is 0. The molecule has 1 nitrogen and oxygen atoms in total. The molecule has 0 bridgehead atoms. The van der Waals surface area contributed by atoms with Gasteiger partial charge in [-0.25, -0.2) is 0 Å². The van der Waals surface area contributed by atoms with E-state index in [2.05, 4.69) is 57.3 Å². The van der Waals surface area contributed by atoms with Gasteiger partial charge in [0.15, 0.2) is 0 Å². The van der Waals surface area contributed by atoms with Crippen molar-refractivity contribution >= 4 is 0 Å². The quantitative estimate of drug-likeness (QED) is 0.829. The Labute approximate surface area is 106 Å². The van der Waals surface area contributed by atoms with Gasteiger partial charge >= 0.3 is 0 Å². The van der Waals surface area contributed by atoms with Gasteiger partial charge in [0, 0.05) is 6.04 Å². The minimum atomic E-state index is 0.393. The van der Waals surface area contributed by atoms with Gasteiger partial charge in [-0.05, 0) is 43.2 Å². The SMILES string of the molecule is CCCNC1CC(c2ccc(C)cc2)C1(C)C. The second-order valence-electron chi connectivity index (χ2n) is 6.03. The first-order chi connectivity index (χ1) is 8.05. The lowest BCUT2D eigenvalue weighted by atomic mass is 9.56. The van der Waals surface area contributed by atoms with Gasteiger partial charge in [-0.15, -0.1) is 0 Å². The summed E-state index contributed by atoms with van der Waals surface area (Å²) in [6.07, 6.45) is 2.51. The van der Waals surface area contributed by atoms with E-state index in [1.807, 2.05) is 0 Å². The maximum Gasteiger partial charge on any atom is 0.0130 e. The molecular formula is C16H25N. The lowest BCUT2D eigenvalue weighted by Crippen LogP contribution is -2.55. The summed E-state index contributed by atoms with van der Waals surface area (Å²) in [6, 6.07) is 9.76. The Morgan fingerprint density at radius 2 is 1.88 bits per heavy atom. The zero-order valence-electron chi connectivity index (χ0n) is 11.6. The molecule has 2 atom stereocenters. The molecule has 1 fully saturated rings. The van der Waals surface area contributed by atoms with Gasteiger partial charge < -0.3 is 5.32 Å². The molecule has 0 aliphatic heterocycles. The summed E-state index contributed by atoms with van der Waals surface area (Å²) in [7, 11) is 0. The average molecular weight is 231 g/mol. The highest BCUT2D eigenvalue weighted by Crippen LogP contribution is 2.52. The van der Waals surface area contributed by atoms with Crippen LogP contribution in [-0.4, -0.2) is 12.6 Å². The Balaban J connectivity index is 2.03. The van der Waals surface area contributed by atoms with E-state index in [-0.39, 0.29) is 0 Å². The molecule has 0 heterocycles. The van der Waals surface area contributed by atoms with Crippen LogP contribution in [-0.2, 0) is 0 Å². The van der Waals surface area contributed by atoms with Crippen LogP contribution in [0.25, 0.3) is 0 Å². The van der Waals surface area contributed by atoms with Crippen LogP contribution in [0, 0.1) is 12.3 Å². The van der Waals surface area contributed by atoms with E-state index in [1.54, 1.807) is 0 Å². The lowest BCUT2D eigenvalue weighted by Gasteiger charge is -2.53. The molecule has 17 heavy (non-hydrogen) atoms. The largest absolute Gasteiger partial charge is 0.313 e. The summed E-state index contributed by atoms with van der Waals surface area (Å²) in [5.74, 6) is 0.720. The van der Waals surface area contributed by atoms with E-state index in [4.69, 9.17) is 0 Å². The molecule has 94 valence electrons. The van der Waals surface area contributed by atoms with E-state index < -0.39 is 0 Å². The molecule has 1 aromatic carbocycles. The second kappa shape index (κ2) is 4.81. The lowest BCUT2D eigenvalue weighted by molar-refractivity contribution is 0.0695. The van der Waals surface area contributed by atoms with Gasteiger partial charge in [0.1, 0.15) is 0 Å². The van der Waals surface area contributed by atoms with Crippen LogP contribution in [0.15, 0.2) is 24.3 Å². The molecule has 0 amide bonds. The fraction of sp³-hybridized carbons (Fsp3) is 0.625. The van der Waals surface area contributed by atoms with Gasteiger partial charge in [0.05, 0.1) is 0 Å². The first kappa shape index (κ1) is 12.6. The van der Waals surface area contributed by atoms with Crippen LogP contribution in [0.5, 0.6) is 0 Å². The Hall–Kier alpha value is -0.820. The number of hydrogen-bond acceptors (Lipinski definition) is 1. The minimum Gasteiger partial charge on any atom is -0.313 e. The van der Waals surface area contributed by atoms with Gasteiger partial charge in [-0.2, -0.15) is 0 Å². The maximum absolute atomic E-state index is 3.67. The van der Waals surface area contributed by atoms with Gasteiger partial charge in [0.2, 0.25) is 0 Å². The number of aryl methyl sites for hydroxylation is 1. The molecule has 1 heteroatoms. The van der Waals surface area contributed by atoms with Crippen molar-refractivity contribution in [3.8, 4) is 0 Å². The first-order valence-corrected chi connectivity index (χ1v) is 6.85. The molecule has 2 unspecified atom stereocenters. The smallest absolute Gasteiger partial charge is 0.0130 e. The van der Waals surface area contributed by atoms with Gasteiger partial charge in [0.25, 0.3) is 0 Å². The average Bonchev–Trinajstić information content (AvgIpc) is 2.30. The Bertz CT molecular complexity index is 364. The van der Waals surface area contributed by atoms with Crippen LogP contribution in [0.1, 0.15) is 50.7 Å². The van der Waals surface area contributed by atoms with Crippen molar-refractivity contribution in [2.24, 2.45) is 5.41 Å². The van der Waals surface area contributed by atoms with E-state index in [0.717, 1.165) is 12.5 Å². The summed E-state index contributed by atoms with van der Waals surface area (Å²) in [4.78, 5) is 0. The normalized spacial score (nSPS) is 26.6. The summed E-state index contributed by atoms with van der Waals surface area (Å²) in [6.45, 7) is 10.3. The van der Waals surface area contributed by atoms with Crippen molar-refractivity contribution in [3.05, 3.63) is 35.4 Å². The monoisotopic (exact) mass is 231 g/mol. The number of benzene rings is 1. The third-order valence-corrected chi connectivity index (χ3v) is 4.39. The van der Waals surface area contributed by atoms with Crippen LogP contribution in [0.2, 0.25) is 0 Å². The fourth-order valence-electron chi connectivity index (χ4n) is 2.95. The van der Waals surface area contributed by atoms with Crippen LogP contribution >= 0.6 is 0 Å².